The molecule has 2 aromatic rings. The summed E-state index contributed by atoms with van der Waals surface area (Å²) in [5.41, 5.74) is 0.703. The number of halogens is 1. The maximum absolute atomic E-state index is 13.2. The van der Waals surface area contributed by atoms with Crippen LogP contribution >= 0.6 is 0 Å². The largest absolute Gasteiger partial charge is 0.497 e. The molecular formula is C12H14FN3O. The molecule has 2 rings (SSSR count). The molecule has 1 N–H and O–H groups in total. The Bertz CT molecular complexity index is 471. The smallest absolute Gasteiger partial charge is 0.128 e. The highest BCUT2D eigenvalue weighted by Gasteiger charge is 2.00. The Morgan fingerprint density at radius 2 is 2.29 bits per heavy atom. The number of benzene rings is 1. The van der Waals surface area contributed by atoms with E-state index < -0.39 is 0 Å². The number of ether oxygens (including phenoxy) is 1. The van der Waals surface area contributed by atoms with Crippen molar-refractivity contribution in [3.63, 3.8) is 0 Å². The number of anilines is 1. The van der Waals surface area contributed by atoms with E-state index in [-0.39, 0.29) is 5.82 Å². The Labute approximate surface area is 99.0 Å². The van der Waals surface area contributed by atoms with Gasteiger partial charge in [-0.15, -0.1) is 0 Å². The average molecular weight is 235 g/mol. The summed E-state index contributed by atoms with van der Waals surface area (Å²) in [5, 5.41) is 7.19. The first kappa shape index (κ1) is 11.4. The Kier molecular flexibility index (Phi) is 3.59. The van der Waals surface area contributed by atoms with Gasteiger partial charge in [0.05, 0.1) is 13.7 Å². The molecule has 0 aliphatic rings. The molecule has 4 nitrogen and oxygen atoms in total. The molecule has 0 unspecified atom stereocenters. The summed E-state index contributed by atoms with van der Waals surface area (Å²) in [6.07, 6.45) is 3.61. The molecule has 0 fully saturated rings. The van der Waals surface area contributed by atoms with Crippen LogP contribution in [0.2, 0.25) is 0 Å². The molecule has 90 valence electrons. The van der Waals surface area contributed by atoms with Crippen molar-refractivity contribution in [3.8, 4) is 5.75 Å². The first-order chi connectivity index (χ1) is 8.28. The molecule has 0 radical (unpaired) electrons. The van der Waals surface area contributed by atoms with Crippen LogP contribution in [0.5, 0.6) is 5.75 Å². The predicted molar refractivity (Wildman–Crippen MR) is 63.7 cm³/mol. The van der Waals surface area contributed by atoms with Gasteiger partial charge in [0.1, 0.15) is 11.6 Å². The van der Waals surface area contributed by atoms with Crippen LogP contribution in [0.4, 0.5) is 10.1 Å². The molecule has 17 heavy (non-hydrogen) atoms. The SMILES string of the molecule is COc1cc(F)cc(NCCn2cccn2)c1. The molecule has 0 spiro atoms. The Balaban J connectivity index is 1.92. The summed E-state index contributed by atoms with van der Waals surface area (Å²) in [4.78, 5) is 0. The van der Waals surface area contributed by atoms with E-state index in [0.717, 1.165) is 6.54 Å². The van der Waals surface area contributed by atoms with Gasteiger partial charge in [0.15, 0.2) is 0 Å². The molecule has 1 aromatic heterocycles. The number of rotatable bonds is 5. The van der Waals surface area contributed by atoms with Gasteiger partial charge < -0.3 is 10.1 Å². The van der Waals surface area contributed by atoms with E-state index in [0.29, 0.717) is 18.0 Å². The average Bonchev–Trinajstić information content (AvgIpc) is 2.81. The summed E-state index contributed by atoms with van der Waals surface area (Å²) in [5.74, 6) is 0.192. The summed E-state index contributed by atoms with van der Waals surface area (Å²) < 4.78 is 20.0. The van der Waals surface area contributed by atoms with Gasteiger partial charge in [-0.1, -0.05) is 0 Å². The minimum absolute atomic E-state index is 0.314. The molecule has 0 amide bonds. The lowest BCUT2D eigenvalue weighted by atomic mass is 10.3. The fourth-order valence-electron chi connectivity index (χ4n) is 1.53. The van der Waals surface area contributed by atoms with Crippen LogP contribution in [0, 0.1) is 5.82 Å². The second-order valence-electron chi connectivity index (χ2n) is 3.58. The van der Waals surface area contributed by atoms with Crippen LogP contribution in [0.25, 0.3) is 0 Å². The fourth-order valence-corrected chi connectivity index (χ4v) is 1.53. The molecule has 1 heterocycles. The maximum atomic E-state index is 13.2. The molecular weight excluding hydrogens is 221 g/mol. The van der Waals surface area contributed by atoms with Gasteiger partial charge in [-0.2, -0.15) is 5.10 Å². The molecule has 0 saturated heterocycles. The van der Waals surface area contributed by atoms with Gasteiger partial charge in [0, 0.05) is 36.8 Å². The van der Waals surface area contributed by atoms with Crippen LogP contribution in [-0.4, -0.2) is 23.4 Å². The van der Waals surface area contributed by atoms with Gasteiger partial charge in [-0.25, -0.2) is 4.39 Å². The predicted octanol–water partition coefficient (Wildman–Crippen LogP) is 2.14. The maximum Gasteiger partial charge on any atom is 0.128 e. The molecule has 0 aliphatic carbocycles. The normalized spacial score (nSPS) is 10.2. The Morgan fingerprint density at radius 3 is 3.00 bits per heavy atom. The highest BCUT2D eigenvalue weighted by molar-refractivity contribution is 5.48. The summed E-state index contributed by atoms with van der Waals surface area (Å²) in [6, 6.07) is 6.40. The standard InChI is InChI=1S/C12H14FN3O/c1-17-12-8-10(13)7-11(9-12)14-4-6-16-5-2-3-15-16/h2-3,5,7-9,14H,4,6H2,1H3. The van der Waals surface area contributed by atoms with Crippen molar-refractivity contribution in [2.24, 2.45) is 0 Å². The third-order valence-corrected chi connectivity index (χ3v) is 2.34. The van der Waals surface area contributed by atoms with E-state index in [4.69, 9.17) is 4.74 Å². The van der Waals surface area contributed by atoms with E-state index >= 15 is 0 Å². The minimum Gasteiger partial charge on any atom is -0.497 e. The highest BCUT2D eigenvalue weighted by atomic mass is 19.1. The van der Waals surface area contributed by atoms with E-state index in [9.17, 15) is 4.39 Å². The third-order valence-electron chi connectivity index (χ3n) is 2.34. The number of nitrogens with zero attached hydrogens (tertiary/aromatic N) is 2. The first-order valence-electron chi connectivity index (χ1n) is 5.34. The number of hydrogen-bond acceptors (Lipinski definition) is 3. The molecule has 5 heteroatoms. The zero-order valence-corrected chi connectivity index (χ0v) is 9.56. The monoisotopic (exact) mass is 235 g/mol. The third kappa shape index (κ3) is 3.21. The van der Waals surface area contributed by atoms with Crippen molar-refractivity contribution in [2.45, 2.75) is 6.54 Å². The van der Waals surface area contributed by atoms with Crippen molar-refractivity contribution in [2.75, 3.05) is 19.0 Å². The van der Waals surface area contributed by atoms with Crippen molar-refractivity contribution in [1.82, 2.24) is 9.78 Å². The van der Waals surface area contributed by atoms with Gasteiger partial charge in [0.2, 0.25) is 0 Å². The van der Waals surface area contributed by atoms with Crippen molar-refractivity contribution in [1.29, 1.82) is 0 Å². The van der Waals surface area contributed by atoms with E-state index in [1.807, 2.05) is 16.9 Å². The van der Waals surface area contributed by atoms with Crippen molar-refractivity contribution >= 4 is 5.69 Å². The van der Waals surface area contributed by atoms with E-state index in [1.165, 1.54) is 19.2 Å². The second kappa shape index (κ2) is 5.34. The number of methoxy groups -OCH3 is 1. The number of hydrogen-bond donors (Lipinski definition) is 1. The number of aromatic nitrogens is 2. The lowest BCUT2D eigenvalue weighted by Gasteiger charge is -2.08. The van der Waals surface area contributed by atoms with Gasteiger partial charge in [0.25, 0.3) is 0 Å². The Hall–Kier alpha value is -2.04. The molecule has 0 atom stereocenters. The van der Waals surface area contributed by atoms with Gasteiger partial charge in [-0.05, 0) is 12.1 Å². The molecule has 0 aliphatic heterocycles. The summed E-state index contributed by atoms with van der Waals surface area (Å²) in [7, 11) is 1.52. The van der Waals surface area contributed by atoms with Crippen LogP contribution in [0.1, 0.15) is 0 Å². The van der Waals surface area contributed by atoms with Crippen LogP contribution < -0.4 is 10.1 Å². The van der Waals surface area contributed by atoms with Gasteiger partial charge in [-0.3, -0.25) is 4.68 Å². The quantitative estimate of drug-likeness (QED) is 0.863. The minimum atomic E-state index is -0.314. The van der Waals surface area contributed by atoms with Crippen LogP contribution in [-0.2, 0) is 6.54 Å². The number of nitrogens with one attached hydrogen (secondary N) is 1. The summed E-state index contributed by atoms with van der Waals surface area (Å²) >= 11 is 0. The zero-order valence-electron chi connectivity index (χ0n) is 9.56. The Morgan fingerprint density at radius 1 is 1.41 bits per heavy atom. The van der Waals surface area contributed by atoms with E-state index in [2.05, 4.69) is 10.4 Å². The topological polar surface area (TPSA) is 39.1 Å². The van der Waals surface area contributed by atoms with Crippen LogP contribution in [0.3, 0.4) is 0 Å². The van der Waals surface area contributed by atoms with E-state index in [1.54, 1.807) is 12.3 Å². The first-order valence-corrected chi connectivity index (χ1v) is 5.34. The fraction of sp³-hybridized carbons (Fsp3) is 0.250. The van der Waals surface area contributed by atoms with Crippen molar-refractivity contribution < 1.29 is 9.13 Å². The lowest BCUT2D eigenvalue weighted by Crippen LogP contribution is -2.10. The highest BCUT2D eigenvalue weighted by Crippen LogP contribution is 2.19. The summed E-state index contributed by atoms with van der Waals surface area (Å²) in [6.45, 7) is 1.40. The zero-order chi connectivity index (χ0) is 12.1. The lowest BCUT2D eigenvalue weighted by molar-refractivity contribution is 0.411. The van der Waals surface area contributed by atoms with Crippen molar-refractivity contribution in [3.05, 3.63) is 42.5 Å². The molecule has 1 aromatic carbocycles. The molecule has 0 bridgehead atoms. The van der Waals surface area contributed by atoms with Gasteiger partial charge >= 0.3 is 0 Å². The van der Waals surface area contributed by atoms with Crippen LogP contribution in [0.15, 0.2) is 36.7 Å². The molecule has 0 saturated carbocycles. The second-order valence-corrected chi connectivity index (χ2v) is 3.58.